The molecule has 1 aliphatic rings. The van der Waals surface area contributed by atoms with Gasteiger partial charge in [-0.1, -0.05) is 30.3 Å². The number of amides is 2. The summed E-state index contributed by atoms with van der Waals surface area (Å²) in [5.41, 5.74) is 2.96. The van der Waals surface area contributed by atoms with Crippen molar-refractivity contribution in [3.05, 3.63) is 66.0 Å². The first-order valence-electron chi connectivity index (χ1n) is 9.78. The molecule has 1 aromatic carbocycles. The van der Waals surface area contributed by atoms with Gasteiger partial charge in [0.25, 0.3) is 0 Å². The monoisotopic (exact) mass is 396 g/mol. The van der Waals surface area contributed by atoms with Crippen LogP contribution in [0.15, 0.2) is 49.3 Å². The molecule has 7 heteroatoms. The lowest BCUT2D eigenvalue weighted by molar-refractivity contribution is -0.136. The average Bonchev–Trinajstić information content (AvgIpc) is 3.35. The van der Waals surface area contributed by atoms with Gasteiger partial charge in [0.05, 0.1) is 18.2 Å². The Labute approximate surface area is 171 Å². The minimum atomic E-state index is -0.245. The first-order valence-corrected chi connectivity index (χ1v) is 9.78. The van der Waals surface area contributed by atoms with Crippen molar-refractivity contribution < 1.29 is 14.3 Å². The third-order valence-corrected chi connectivity index (χ3v) is 5.07. The summed E-state index contributed by atoms with van der Waals surface area (Å²) >= 11 is 0. The number of hydrogen-bond acceptors (Lipinski definition) is 4. The van der Waals surface area contributed by atoms with Gasteiger partial charge in [0, 0.05) is 52.0 Å². The molecule has 2 heterocycles. The van der Waals surface area contributed by atoms with Crippen molar-refractivity contribution in [2.45, 2.75) is 32.0 Å². The van der Waals surface area contributed by atoms with E-state index in [9.17, 15) is 9.59 Å². The predicted molar refractivity (Wildman–Crippen MR) is 110 cm³/mol. The van der Waals surface area contributed by atoms with Crippen LogP contribution in [-0.2, 0) is 34.5 Å². The number of benzene rings is 1. The van der Waals surface area contributed by atoms with Crippen molar-refractivity contribution in [2.75, 3.05) is 13.7 Å². The summed E-state index contributed by atoms with van der Waals surface area (Å²) in [6, 6.07) is 7.91. The second-order valence-electron chi connectivity index (χ2n) is 7.42. The smallest absolute Gasteiger partial charge is 0.228 e. The van der Waals surface area contributed by atoms with Gasteiger partial charge in [-0.15, -0.1) is 6.58 Å². The van der Waals surface area contributed by atoms with E-state index in [1.54, 1.807) is 21.9 Å². The molecule has 1 fully saturated rings. The van der Waals surface area contributed by atoms with Gasteiger partial charge in [-0.3, -0.25) is 14.3 Å². The largest absolute Gasteiger partial charge is 0.373 e. The third-order valence-electron chi connectivity index (χ3n) is 5.07. The van der Waals surface area contributed by atoms with Gasteiger partial charge < -0.3 is 15.0 Å². The molecule has 1 aliphatic heterocycles. The van der Waals surface area contributed by atoms with E-state index in [1.807, 2.05) is 44.6 Å². The molecule has 0 bridgehead atoms. The molecule has 2 amide bonds. The van der Waals surface area contributed by atoms with Gasteiger partial charge in [0.15, 0.2) is 0 Å². The highest BCUT2D eigenvalue weighted by atomic mass is 16.5. The third kappa shape index (κ3) is 5.32. The zero-order valence-electron chi connectivity index (χ0n) is 17.0. The molecule has 3 rings (SSSR count). The topological polar surface area (TPSA) is 76.5 Å². The molecule has 29 heavy (non-hydrogen) atoms. The van der Waals surface area contributed by atoms with Gasteiger partial charge in [-0.05, 0) is 17.5 Å². The lowest BCUT2D eigenvalue weighted by Crippen LogP contribution is -2.34. The van der Waals surface area contributed by atoms with E-state index >= 15 is 0 Å². The van der Waals surface area contributed by atoms with Crippen LogP contribution in [0.2, 0.25) is 0 Å². The summed E-state index contributed by atoms with van der Waals surface area (Å²) in [6.45, 7) is 5.10. The van der Waals surface area contributed by atoms with Crippen molar-refractivity contribution in [3.63, 3.8) is 0 Å². The van der Waals surface area contributed by atoms with Gasteiger partial charge in [0.1, 0.15) is 0 Å². The fraction of sp³-hybridized carbons (Fsp3) is 0.409. The molecule has 1 N–H and O–H groups in total. The van der Waals surface area contributed by atoms with E-state index in [2.05, 4.69) is 17.0 Å². The number of hydrogen-bond donors (Lipinski definition) is 1. The fourth-order valence-electron chi connectivity index (χ4n) is 3.63. The van der Waals surface area contributed by atoms with Crippen molar-refractivity contribution in [1.29, 1.82) is 0 Å². The molecule has 2 atom stereocenters. The minimum Gasteiger partial charge on any atom is -0.373 e. The first-order chi connectivity index (χ1) is 14.0. The van der Waals surface area contributed by atoms with Gasteiger partial charge >= 0.3 is 0 Å². The second-order valence-corrected chi connectivity index (χ2v) is 7.42. The zero-order chi connectivity index (χ0) is 20.8. The standard InChI is InChI=1S/C22H28N4O3/c1-4-6-20(27)23-12-16-7-5-8-17(11-16)14-25(2)22(28)19-9-10-29-21(19)18-13-24-26(3)15-18/h4-5,7-8,11,13,15,19,21H,1,6,9-10,12,14H2,2-3H3,(H,23,27)/t19-,21+/m1/s1. The molecule has 0 radical (unpaired) electrons. The quantitative estimate of drug-likeness (QED) is 0.695. The van der Waals surface area contributed by atoms with Crippen LogP contribution in [0.3, 0.4) is 0 Å². The number of aromatic nitrogens is 2. The van der Waals surface area contributed by atoms with Crippen LogP contribution in [0.5, 0.6) is 0 Å². The van der Waals surface area contributed by atoms with E-state index in [4.69, 9.17) is 4.74 Å². The van der Waals surface area contributed by atoms with Crippen molar-refractivity contribution in [2.24, 2.45) is 13.0 Å². The summed E-state index contributed by atoms with van der Waals surface area (Å²) in [6.07, 6.45) is 6.01. The highest BCUT2D eigenvalue weighted by Gasteiger charge is 2.37. The summed E-state index contributed by atoms with van der Waals surface area (Å²) in [7, 11) is 3.67. The molecule has 1 aromatic heterocycles. The normalized spacial score (nSPS) is 18.4. The number of carbonyl (C=O) groups is 2. The molecule has 2 aromatic rings. The molecule has 0 unspecified atom stereocenters. The second kappa shape index (κ2) is 9.52. The SMILES string of the molecule is C=CCC(=O)NCc1cccc(CN(C)C(=O)[C@@H]2CCO[C@H]2c2cnn(C)c2)c1. The molecule has 0 saturated carbocycles. The lowest BCUT2D eigenvalue weighted by Gasteiger charge is -2.24. The van der Waals surface area contributed by atoms with Crippen molar-refractivity contribution in [3.8, 4) is 0 Å². The fourth-order valence-corrected chi connectivity index (χ4v) is 3.63. The Morgan fingerprint density at radius 1 is 1.41 bits per heavy atom. The highest BCUT2D eigenvalue weighted by Crippen LogP contribution is 2.35. The number of carbonyl (C=O) groups excluding carboxylic acids is 2. The summed E-state index contributed by atoms with van der Waals surface area (Å²) in [5.74, 6) is -0.188. The van der Waals surface area contributed by atoms with Crippen LogP contribution in [-0.4, -0.2) is 40.1 Å². The van der Waals surface area contributed by atoms with Gasteiger partial charge in [-0.2, -0.15) is 5.10 Å². The number of rotatable bonds is 8. The molecule has 7 nitrogen and oxygen atoms in total. The van der Waals surface area contributed by atoms with E-state index < -0.39 is 0 Å². The van der Waals surface area contributed by atoms with Crippen LogP contribution in [0.4, 0.5) is 0 Å². The lowest BCUT2D eigenvalue weighted by atomic mass is 9.95. The number of ether oxygens (including phenoxy) is 1. The van der Waals surface area contributed by atoms with Gasteiger partial charge in [0.2, 0.25) is 11.8 Å². The van der Waals surface area contributed by atoms with Crippen LogP contribution in [0.25, 0.3) is 0 Å². The molecule has 154 valence electrons. The van der Waals surface area contributed by atoms with E-state index in [-0.39, 0.29) is 23.8 Å². The van der Waals surface area contributed by atoms with E-state index in [0.29, 0.717) is 32.5 Å². The van der Waals surface area contributed by atoms with E-state index in [1.165, 1.54) is 0 Å². The number of nitrogens with zero attached hydrogens (tertiary/aromatic N) is 3. The molecular weight excluding hydrogens is 368 g/mol. The maximum absolute atomic E-state index is 13.1. The maximum atomic E-state index is 13.1. The van der Waals surface area contributed by atoms with Crippen molar-refractivity contribution in [1.82, 2.24) is 20.0 Å². The Bertz CT molecular complexity index is 876. The first kappa shape index (κ1) is 20.8. The summed E-state index contributed by atoms with van der Waals surface area (Å²) in [5, 5.41) is 7.05. The van der Waals surface area contributed by atoms with Crippen LogP contribution in [0, 0.1) is 5.92 Å². The van der Waals surface area contributed by atoms with E-state index in [0.717, 1.165) is 16.7 Å². The summed E-state index contributed by atoms with van der Waals surface area (Å²) in [4.78, 5) is 26.4. The maximum Gasteiger partial charge on any atom is 0.228 e. The Kier molecular flexibility index (Phi) is 6.82. The zero-order valence-corrected chi connectivity index (χ0v) is 17.0. The predicted octanol–water partition coefficient (Wildman–Crippen LogP) is 2.35. The molecule has 0 aliphatic carbocycles. The Morgan fingerprint density at radius 3 is 2.93 bits per heavy atom. The van der Waals surface area contributed by atoms with Crippen LogP contribution < -0.4 is 5.32 Å². The van der Waals surface area contributed by atoms with Crippen molar-refractivity contribution >= 4 is 11.8 Å². The highest BCUT2D eigenvalue weighted by molar-refractivity contribution is 5.79. The van der Waals surface area contributed by atoms with Crippen LogP contribution in [0.1, 0.15) is 35.6 Å². The average molecular weight is 396 g/mol. The summed E-state index contributed by atoms with van der Waals surface area (Å²) < 4.78 is 7.56. The molecule has 1 saturated heterocycles. The Hall–Kier alpha value is -2.93. The minimum absolute atomic E-state index is 0.0552. The Balaban J connectivity index is 1.61. The van der Waals surface area contributed by atoms with Crippen LogP contribution >= 0.6 is 0 Å². The van der Waals surface area contributed by atoms with Gasteiger partial charge in [-0.25, -0.2) is 0 Å². The number of aryl methyl sites for hydroxylation is 1. The molecular formula is C22H28N4O3. The number of nitrogens with one attached hydrogen (secondary N) is 1. The molecule has 0 spiro atoms. The Morgan fingerprint density at radius 2 is 2.21 bits per heavy atom.